The summed E-state index contributed by atoms with van der Waals surface area (Å²) in [6.45, 7) is 1.94. The van der Waals surface area contributed by atoms with E-state index in [1.54, 1.807) is 12.3 Å². The highest BCUT2D eigenvalue weighted by atomic mass is 19.1. The Hall–Kier alpha value is -1.96. The first-order valence-electron chi connectivity index (χ1n) is 5.11. The van der Waals surface area contributed by atoms with E-state index in [-0.39, 0.29) is 5.82 Å². The second-order valence-corrected chi connectivity index (χ2v) is 3.59. The van der Waals surface area contributed by atoms with Gasteiger partial charge in [0.1, 0.15) is 5.82 Å². The maximum atomic E-state index is 13.0. The Balaban J connectivity index is 2.27. The Morgan fingerprint density at radius 3 is 2.56 bits per heavy atom. The van der Waals surface area contributed by atoms with Crippen LogP contribution in [0.25, 0.3) is 0 Å². The summed E-state index contributed by atoms with van der Waals surface area (Å²) in [4.78, 5) is 4.29. The van der Waals surface area contributed by atoms with Crippen molar-refractivity contribution in [2.75, 3.05) is 0 Å². The van der Waals surface area contributed by atoms with Crippen LogP contribution in [0, 0.1) is 12.7 Å². The normalized spacial score (nSPS) is 10.9. The number of aryl methyl sites for hydroxylation is 1. The predicted molar refractivity (Wildman–Crippen MR) is 64.8 cm³/mol. The molecule has 2 aromatic rings. The lowest BCUT2D eigenvalue weighted by Crippen LogP contribution is -1.88. The molecule has 0 spiro atoms. The zero-order valence-corrected chi connectivity index (χ0v) is 9.02. The molecule has 1 nitrogen and oxygen atoms in total. The van der Waals surface area contributed by atoms with Crippen molar-refractivity contribution in [3.8, 4) is 0 Å². The molecule has 0 aromatic heterocycles. The molecule has 0 N–H and O–H groups in total. The van der Waals surface area contributed by atoms with Gasteiger partial charge < -0.3 is 0 Å². The van der Waals surface area contributed by atoms with Crippen LogP contribution in [-0.4, -0.2) is 6.21 Å². The Labute approximate surface area is 94.3 Å². The number of nitrogens with zero attached hydrogens (tertiary/aromatic N) is 1. The third-order valence-electron chi connectivity index (χ3n) is 2.35. The van der Waals surface area contributed by atoms with Crippen LogP contribution in [0.4, 0.5) is 10.1 Å². The molecule has 2 heteroatoms. The van der Waals surface area contributed by atoms with Crippen LogP contribution >= 0.6 is 0 Å². The van der Waals surface area contributed by atoms with Crippen LogP contribution in [0.5, 0.6) is 0 Å². The molecule has 0 heterocycles. The first-order chi connectivity index (χ1) is 7.75. The van der Waals surface area contributed by atoms with Crippen molar-refractivity contribution in [1.29, 1.82) is 0 Å². The third-order valence-corrected chi connectivity index (χ3v) is 2.35. The molecular formula is C14H12FN. The van der Waals surface area contributed by atoms with E-state index in [9.17, 15) is 4.39 Å². The summed E-state index contributed by atoms with van der Waals surface area (Å²) in [6.07, 6.45) is 1.69. The van der Waals surface area contributed by atoms with Crippen LogP contribution in [0.2, 0.25) is 0 Å². The van der Waals surface area contributed by atoms with Crippen molar-refractivity contribution in [2.45, 2.75) is 6.92 Å². The van der Waals surface area contributed by atoms with Crippen LogP contribution < -0.4 is 0 Å². The Kier molecular flexibility index (Phi) is 3.10. The molecule has 0 radical (unpaired) electrons. The summed E-state index contributed by atoms with van der Waals surface area (Å²) in [5, 5.41) is 0. The fourth-order valence-corrected chi connectivity index (χ4v) is 1.41. The van der Waals surface area contributed by atoms with Crippen molar-refractivity contribution in [2.24, 2.45) is 4.99 Å². The van der Waals surface area contributed by atoms with Crippen molar-refractivity contribution in [3.05, 3.63) is 65.5 Å². The molecule has 80 valence electrons. The molecule has 0 unspecified atom stereocenters. The maximum Gasteiger partial charge on any atom is 0.123 e. The van der Waals surface area contributed by atoms with Gasteiger partial charge in [-0.3, -0.25) is 4.99 Å². The van der Waals surface area contributed by atoms with Crippen LogP contribution in [0.3, 0.4) is 0 Å². The van der Waals surface area contributed by atoms with Gasteiger partial charge in [0.15, 0.2) is 0 Å². The number of benzene rings is 2. The fourth-order valence-electron chi connectivity index (χ4n) is 1.41. The van der Waals surface area contributed by atoms with E-state index in [0.29, 0.717) is 0 Å². The lowest BCUT2D eigenvalue weighted by molar-refractivity contribution is 0.627. The van der Waals surface area contributed by atoms with Crippen LogP contribution in [-0.2, 0) is 0 Å². The average Bonchev–Trinajstić information content (AvgIpc) is 2.32. The SMILES string of the molecule is Cc1ccc(F)cc1C=Nc1ccccc1. The van der Waals surface area contributed by atoms with E-state index in [1.165, 1.54) is 12.1 Å². The second kappa shape index (κ2) is 4.71. The number of halogens is 1. The molecule has 0 aliphatic rings. The van der Waals surface area contributed by atoms with Crippen molar-refractivity contribution in [1.82, 2.24) is 0 Å². The minimum absolute atomic E-state index is 0.236. The maximum absolute atomic E-state index is 13.0. The Bertz CT molecular complexity index is 503. The molecule has 2 rings (SSSR count). The molecule has 16 heavy (non-hydrogen) atoms. The molecule has 2 aromatic carbocycles. The minimum atomic E-state index is -0.236. The largest absolute Gasteiger partial charge is 0.256 e. The van der Waals surface area contributed by atoms with Gasteiger partial charge in [0.05, 0.1) is 5.69 Å². The van der Waals surface area contributed by atoms with E-state index >= 15 is 0 Å². The first kappa shape index (κ1) is 10.6. The zero-order chi connectivity index (χ0) is 11.4. The second-order valence-electron chi connectivity index (χ2n) is 3.59. The highest BCUT2D eigenvalue weighted by Crippen LogP contribution is 2.12. The number of hydrogen-bond acceptors (Lipinski definition) is 1. The summed E-state index contributed by atoms with van der Waals surface area (Å²) < 4.78 is 13.0. The highest BCUT2D eigenvalue weighted by Gasteiger charge is 1.96. The summed E-state index contributed by atoms with van der Waals surface area (Å²) in [5.41, 5.74) is 2.69. The molecule has 0 fully saturated rings. The Morgan fingerprint density at radius 2 is 1.81 bits per heavy atom. The standard InChI is InChI=1S/C14H12FN/c1-11-7-8-13(15)9-12(11)10-16-14-5-3-2-4-6-14/h2-10H,1H3. The van der Waals surface area contributed by atoms with Gasteiger partial charge in [0, 0.05) is 6.21 Å². The lowest BCUT2D eigenvalue weighted by Gasteiger charge is -1.99. The van der Waals surface area contributed by atoms with Crippen molar-refractivity contribution >= 4 is 11.9 Å². The topological polar surface area (TPSA) is 12.4 Å². The highest BCUT2D eigenvalue weighted by molar-refractivity contribution is 5.83. The first-order valence-corrected chi connectivity index (χ1v) is 5.11. The number of aliphatic imine (C=N–C) groups is 1. The lowest BCUT2D eigenvalue weighted by atomic mass is 10.1. The van der Waals surface area contributed by atoms with E-state index in [2.05, 4.69) is 4.99 Å². The van der Waals surface area contributed by atoms with Gasteiger partial charge >= 0.3 is 0 Å². The van der Waals surface area contributed by atoms with Crippen molar-refractivity contribution < 1.29 is 4.39 Å². The average molecular weight is 213 g/mol. The Morgan fingerprint density at radius 1 is 1.06 bits per heavy atom. The van der Waals surface area contributed by atoms with E-state index < -0.39 is 0 Å². The molecule has 0 saturated heterocycles. The van der Waals surface area contributed by atoms with Gasteiger partial charge in [-0.15, -0.1) is 0 Å². The van der Waals surface area contributed by atoms with Crippen LogP contribution in [0.1, 0.15) is 11.1 Å². The molecule has 0 aliphatic heterocycles. The van der Waals surface area contributed by atoms with Gasteiger partial charge in [-0.25, -0.2) is 4.39 Å². The quantitative estimate of drug-likeness (QED) is 0.671. The zero-order valence-electron chi connectivity index (χ0n) is 9.02. The van der Waals surface area contributed by atoms with Gasteiger partial charge in [-0.05, 0) is 42.3 Å². The number of para-hydroxylation sites is 1. The number of rotatable bonds is 2. The smallest absolute Gasteiger partial charge is 0.123 e. The molecule has 0 aliphatic carbocycles. The predicted octanol–water partition coefficient (Wildman–Crippen LogP) is 3.88. The van der Waals surface area contributed by atoms with E-state index in [1.807, 2.05) is 37.3 Å². The van der Waals surface area contributed by atoms with Gasteiger partial charge in [0.2, 0.25) is 0 Å². The van der Waals surface area contributed by atoms with Gasteiger partial charge in [-0.2, -0.15) is 0 Å². The molecule has 0 saturated carbocycles. The monoisotopic (exact) mass is 213 g/mol. The van der Waals surface area contributed by atoms with Crippen molar-refractivity contribution in [3.63, 3.8) is 0 Å². The minimum Gasteiger partial charge on any atom is -0.256 e. The summed E-state index contributed by atoms with van der Waals surface area (Å²) in [6, 6.07) is 14.3. The summed E-state index contributed by atoms with van der Waals surface area (Å²) in [7, 11) is 0. The van der Waals surface area contributed by atoms with Crippen LogP contribution in [0.15, 0.2) is 53.5 Å². The van der Waals surface area contributed by atoms with Gasteiger partial charge in [-0.1, -0.05) is 24.3 Å². The molecule has 0 amide bonds. The molecular weight excluding hydrogens is 201 g/mol. The summed E-state index contributed by atoms with van der Waals surface area (Å²) in [5.74, 6) is -0.236. The summed E-state index contributed by atoms with van der Waals surface area (Å²) >= 11 is 0. The molecule has 0 bridgehead atoms. The third kappa shape index (κ3) is 2.54. The number of hydrogen-bond donors (Lipinski definition) is 0. The fraction of sp³-hybridized carbons (Fsp3) is 0.0714. The van der Waals surface area contributed by atoms with E-state index in [4.69, 9.17) is 0 Å². The van der Waals surface area contributed by atoms with E-state index in [0.717, 1.165) is 16.8 Å². The van der Waals surface area contributed by atoms with Gasteiger partial charge in [0.25, 0.3) is 0 Å². The molecule has 0 atom stereocenters.